The Morgan fingerprint density at radius 1 is 1.17 bits per heavy atom. The molecule has 0 radical (unpaired) electrons. The number of rotatable bonds is 3. The van der Waals surface area contributed by atoms with Crippen molar-refractivity contribution in [2.75, 3.05) is 0 Å². The molecule has 0 aliphatic heterocycles. The largest absolute Gasteiger partial charge is 0.310 e. The van der Waals surface area contributed by atoms with E-state index >= 15 is 0 Å². The molecule has 0 fully saturated rings. The molecule has 0 bridgehead atoms. The maximum atomic E-state index is 11.9. The zero-order valence-corrected chi connectivity index (χ0v) is 12.8. The second-order valence-electron chi connectivity index (χ2n) is 4.44. The van der Waals surface area contributed by atoms with Gasteiger partial charge in [-0.25, -0.2) is 0 Å². The number of pyridine rings is 1. The minimum atomic E-state index is 0.0625. The topological polar surface area (TPSA) is 22.0 Å². The Kier molecular flexibility index (Phi) is 4.22. The zero-order valence-electron chi connectivity index (χ0n) is 10.6. The van der Waals surface area contributed by atoms with Crippen LogP contribution in [-0.4, -0.2) is 4.57 Å². The number of halogens is 1. The summed E-state index contributed by atoms with van der Waals surface area (Å²) in [6.07, 6.45) is 2.97. The van der Waals surface area contributed by atoms with Crippen molar-refractivity contribution < 1.29 is 0 Å². The van der Waals surface area contributed by atoms with Crippen LogP contribution >= 0.6 is 22.6 Å². The zero-order chi connectivity index (χ0) is 13.1. The molecule has 0 saturated heterocycles. The van der Waals surface area contributed by atoms with Gasteiger partial charge in [0.15, 0.2) is 0 Å². The summed E-state index contributed by atoms with van der Waals surface area (Å²) in [5, 5.41) is 0. The Labute approximate surface area is 121 Å². The minimum absolute atomic E-state index is 0.0625. The van der Waals surface area contributed by atoms with Crippen LogP contribution in [0.1, 0.15) is 23.6 Å². The summed E-state index contributed by atoms with van der Waals surface area (Å²) in [6.45, 7) is 4.74. The van der Waals surface area contributed by atoms with Crippen molar-refractivity contribution in [1.82, 2.24) is 4.57 Å². The normalized spacial score (nSPS) is 10.6. The van der Waals surface area contributed by atoms with Crippen LogP contribution in [0.25, 0.3) is 0 Å². The molecule has 2 rings (SSSR count). The predicted octanol–water partition coefficient (Wildman–Crippen LogP) is 3.37. The van der Waals surface area contributed by atoms with E-state index in [2.05, 4.69) is 53.8 Å². The monoisotopic (exact) mass is 353 g/mol. The fraction of sp³-hybridized carbons (Fsp3) is 0.267. The lowest BCUT2D eigenvalue weighted by molar-refractivity contribution is 0.752. The van der Waals surface area contributed by atoms with Crippen LogP contribution in [0.2, 0.25) is 0 Å². The van der Waals surface area contributed by atoms with Gasteiger partial charge in [0.25, 0.3) is 5.56 Å². The molecule has 0 N–H and O–H groups in total. The molecule has 0 amide bonds. The highest BCUT2D eigenvalue weighted by molar-refractivity contribution is 14.1. The first-order valence-electron chi connectivity index (χ1n) is 6.04. The Bertz CT molecular complexity index is 599. The summed E-state index contributed by atoms with van der Waals surface area (Å²) in [4.78, 5) is 11.9. The van der Waals surface area contributed by atoms with Crippen molar-refractivity contribution >= 4 is 22.6 Å². The lowest BCUT2D eigenvalue weighted by Crippen LogP contribution is -2.20. The Morgan fingerprint density at radius 3 is 2.39 bits per heavy atom. The first-order valence-corrected chi connectivity index (χ1v) is 7.12. The summed E-state index contributed by atoms with van der Waals surface area (Å²) >= 11 is 2.26. The molecular weight excluding hydrogens is 337 g/mol. The lowest BCUT2D eigenvalue weighted by Gasteiger charge is -2.08. The van der Waals surface area contributed by atoms with E-state index in [1.165, 1.54) is 5.56 Å². The number of benzene rings is 1. The van der Waals surface area contributed by atoms with Crippen molar-refractivity contribution in [3.63, 3.8) is 0 Å². The Balaban J connectivity index is 2.28. The van der Waals surface area contributed by atoms with Crippen LogP contribution in [0, 0.1) is 10.5 Å². The van der Waals surface area contributed by atoms with Crippen molar-refractivity contribution in [2.24, 2.45) is 0 Å². The van der Waals surface area contributed by atoms with E-state index in [1.54, 1.807) is 10.6 Å². The van der Waals surface area contributed by atoms with Gasteiger partial charge in [-0.2, -0.15) is 0 Å². The van der Waals surface area contributed by atoms with Crippen LogP contribution in [0.15, 0.2) is 41.3 Å². The molecule has 2 nitrogen and oxygen atoms in total. The summed E-state index contributed by atoms with van der Waals surface area (Å²) < 4.78 is 2.88. The van der Waals surface area contributed by atoms with E-state index in [-0.39, 0.29) is 5.56 Å². The van der Waals surface area contributed by atoms with Gasteiger partial charge >= 0.3 is 0 Å². The first kappa shape index (κ1) is 13.3. The molecule has 0 aliphatic rings. The van der Waals surface area contributed by atoms with Gasteiger partial charge in [0.2, 0.25) is 0 Å². The molecule has 0 atom stereocenters. The average Bonchev–Trinajstić information content (AvgIpc) is 2.37. The third-order valence-corrected chi connectivity index (χ3v) is 4.18. The molecular formula is C15H16INO. The van der Waals surface area contributed by atoms with Crippen LogP contribution in [0.3, 0.4) is 0 Å². The number of aromatic nitrogens is 1. The molecule has 0 unspecified atom stereocenters. The van der Waals surface area contributed by atoms with E-state index in [9.17, 15) is 4.79 Å². The van der Waals surface area contributed by atoms with Crippen LogP contribution < -0.4 is 5.56 Å². The van der Waals surface area contributed by atoms with Gasteiger partial charge in [0, 0.05) is 15.8 Å². The molecule has 0 saturated carbocycles. The van der Waals surface area contributed by atoms with Gasteiger partial charge in [-0.05, 0) is 52.6 Å². The summed E-state index contributed by atoms with van der Waals surface area (Å²) in [5.74, 6) is 0. The van der Waals surface area contributed by atoms with Gasteiger partial charge in [-0.15, -0.1) is 0 Å². The highest BCUT2D eigenvalue weighted by atomic mass is 127. The molecule has 1 heterocycles. The average molecular weight is 353 g/mol. The van der Waals surface area contributed by atoms with E-state index in [0.29, 0.717) is 6.54 Å². The van der Waals surface area contributed by atoms with Crippen molar-refractivity contribution in [3.8, 4) is 0 Å². The maximum absolute atomic E-state index is 11.9. The van der Waals surface area contributed by atoms with Gasteiger partial charge in [-0.1, -0.05) is 31.2 Å². The van der Waals surface area contributed by atoms with Crippen LogP contribution in [-0.2, 0) is 13.0 Å². The Morgan fingerprint density at radius 2 is 1.78 bits per heavy atom. The second kappa shape index (κ2) is 5.69. The molecule has 2 aromatic rings. The predicted molar refractivity (Wildman–Crippen MR) is 83.1 cm³/mol. The van der Waals surface area contributed by atoms with Crippen LogP contribution in [0.4, 0.5) is 0 Å². The fourth-order valence-corrected chi connectivity index (χ4v) is 2.33. The molecule has 0 spiro atoms. The van der Waals surface area contributed by atoms with Gasteiger partial charge in [0.1, 0.15) is 0 Å². The molecule has 3 heteroatoms. The summed E-state index contributed by atoms with van der Waals surface area (Å²) in [5.41, 5.74) is 3.59. The minimum Gasteiger partial charge on any atom is -0.310 e. The van der Waals surface area contributed by atoms with Crippen LogP contribution in [0.5, 0.6) is 0 Å². The molecule has 0 aliphatic carbocycles. The SMILES string of the molecule is CCc1ccc(Cn2cc(I)c(C)cc2=O)cc1. The number of aryl methyl sites for hydroxylation is 2. The van der Waals surface area contributed by atoms with E-state index in [1.807, 2.05) is 13.1 Å². The van der Waals surface area contributed by atoms with Crippen molar-refractivity contribution in [2.45, 2.75) is 26.8 Å². The lowest BCUT2D eigenvalue weighted by atomic mass is 10.1. The molecule has 1 aromatic heterocycles. The summed E-state index contributed by atoms with van der Waals surface area (Å²) in [6, 6.07) is 10.1. The van der Waals surface area contributed by atoms with Gasteiger partial charge in [0.05, 0.1) is 6.54 Å². The number of nitrogens with zero attached hydrogens (tertiary/aromatic N) is 1. The molecule has 1 aromatic carbocycles. The highest BCUT2D eigenvalue weighted by Gasteiger charge is 2.02. The van der Waals surface area contributed by atoms with E-state index in [4.69, 9.17) is 0 Å². The van der Waals surface area contributed by atoms with Gasteiger partial charge < -0.3 is 4.57 Å². The molecule has 94 valence electrons. The third kappa shape index (κ3) is 3.02. The van der Waals surface area contributed by atoms with E-state index < -0.39 is 0 Å². The third-order valence-electron chi connectivity index (χ3n) is 3.05. The second-order valence-corrected chi connectivity index (χ2v) is 5.60. The van der Waals surface area contributed by atoms with Gasteiger partial charge in [-0.3, -0.25) is 4.79 Å². The molecule has 18 heavy (non-hydrogen) atoms. The smallest absolute Gasteiger partial charge is 0.251 e. The number of hydrogen-bond donors (Lipinski definition) is 0. The van der Waals surface area contributed by atoms with E-state index in [0.717, 1.165) is 21.1 Å². The maximum Gasteiger partial charge on any atom is 0.251 e. The summed E-state index contributed by atoms with van der Waals surface area (Å²) in [7, 11) is 0. The standard InChI is InChI=1S/C15H16INO/c1-3-12-4-6-13(7-5-12)9-17-10-14(16)11(2)8-15(17)18/h4-8,10H,3,9H2,1-2H3. The number of hydrogen-bond acceptors (Lipinski definition) is 1. The Hall–Kier alpha value is -1.10. The van der Waals surface area contributed by atoms with Crippen molar-refractivity contribution in [3.05, 3.63) is 67.1 Å². The quantitative estimate of drug-likeness (QED) is 0.776. The fourth-order valence-electron chi connectivity index (χ4n) is 1.84. The first-order chi connectivity index (χ1) is 8.60. The van der Waals surface area contributed by atoms with Crippen molar-refractivity contribution in [1.29, 1.82) is 0 Å². The highest BCUT2D eigenvalue weighted by Crippen LogP contribution is 2.10.